The molecular weight excluding hydrogens is 1440 g/mol. The monoisotopic (exact) mass is 1530 g/mol. The number of rotatable bonds is 14. The zero-order valence-electron chi connectivity index (χ0n) is 68.1. The maximum Gasteiger partial charge on any atom is 0.252 e. The molecule has 4 fully saturated rings. The van der Waals surface area contributed by atoms with Crippen LogP contribution in [-0.2, 0) is 0 Å². The van der Waals surface area contributed by atoms with E-state index < -0.39 is 0 Å². The van der Waals surface area contributed by atoms with E-state index in [4.69, 9.17) is 0 Å². The second-order valence-corrected chi connectivity index (χ2v) is 35.4. The minimum Gasteiger partial charge on any atom is -0.310 e. The highest BCUT2D eigenvalue weighted by Crippen LogP contribution is 2.56. The summed E-state index contributed by atoms with van der Waals surface area (Å²) in [5.41, 5.74) is 38.1. The largest absolute Gasteiger partial charge is 0.310 e. The van der Waals surface area contributed by atoms with Gasteiger partial charge in [-0.1, -0.05) is 320 Å². The summed E-state index contributed by atoms with van der Waals surface area (Å²) in [7, 11) is 0. The third-order valence-corrected chi connectivity index (χ3v) is 28.7. The summed E-state index contributed by atoms with van der Waals surface area (Å²) in [4.78, 5) is 5.46. The molecule has 0 atom stereocenters. The van der Waals surface area contributed by atoms with Crippen LogP contribution in [0.4, 0.5) is 34.1 Å². The summed E-state index contributed by atoms with van der Waals surface area (Å²) in [5.74, 6) is 2.41. The molecule has 6 aliphatic rings. The van der Waals surface area contributed by atoms with Crippen LogP contribution in [-0.4, -0.2) is 15.8 Å². The Morgan fingerprint density at radius 3 is 0.866 bits per heavy atom. The zero-order chi connectivity index (χ0) is 78.4. The topological polar surface area (TPSA) is 16.3 Å². The smallest absolute Gasteiger partial charge is 0.252 e. The molecule has 0 spiro atoms. The summed E-state index contributed by atoms with van der Waals surface area (Å²) in [6.07, 6.45) is 26.1. The van der Waals surface area contributed by atoms with Crippen molar-refractivity contribution in [2.24, 2.45) is 0 Å². The van der Waals surface area contributed by atoms with Crippen molar-refractivity contribution in [2.45, 2.75) is 152 Å². The minimum absolute atomic E-state index is 0.220. The Labute approximate surface area is 701 Å². The van der Waals surface area contributed by atoms with Crippen LogP contribution >= 0.6 is 0 Å². The molecule has 0 bridgehead atoms. The number of aromatic nitrogens is 2. The first kappa shape index (κ1) is 71.8. The van der Waals surface area contributed by atoms with Gasteiger partial charge >= 0.3 is 0 Å². The molecule has 2 aliphatic heterocycles. The van der Waals surface area contributed by atoms with E-state index in [1.807, 2.05) is 0 Å². The third-order valence-electron chi connectivity index (χ3n) is 28.7. The van der Waals surface area contributed by atoms with Crippen LogP contribution in [0.5, 0.6) is 0 Å². The summed E-state index contributed by atoms with van der Waals surface area (Å²) >= 11 is 0. The predicted octanol–water partition coefficient (Wildman–Crippen LogP) is 30.2. The van der Waals surface area contributed by atoms with Gasteiger partial charge in [0.25, 0.3) is 6.71 Å². The summed E-state index contributed by atoms with van der Waals surface area (Å²) in [6.45, 7) is -0.220. The lowest BCUT2D eigenvalue weighted by atomic mass is 9.33. The van der Waals surface area contributed by atoms with Gasteiger partial charge < -0.3 is 18.9 Å². The standard InChI is InChI=1S/C114H99BN4/c1-10-30-76(31-11-1)86-55-64-104-98(68-86)99-69-87(77-32-12-2-13-33-77)56-65-105(99)116(104)92-59-52-81(53-60-92)90-54-62-102-108(72-90)118(113-94(82-40-20-6-21-41-82)48-28-49-95(113)83-42-22-7-23-43-83)110-73-91(80-38-18-5-19-39-80)74-111-112(110)115(102)103-63-61-93(75-109(103)119(111)114-96(84-44-24-8-25-45-84)50-29-51-97(114)85-46-26-9-27-47-85)117-106-66-57-88(78-34-14-3-15-35-78)70-100(106)101-71-89(58-67-107(101)117)79-36-16-4-17-37-79/h5-9,18-29,38-79H,1-4,10-17,30-37H2. The van der Waals surface area contributed by atoms with Crippen LogP contribution in [0.1, 0.15) is 174 Å². The van der Waals surface area contributed by atoms with Crippen LogP contribution < -0.4 is 26.2 Å². The van der Waals surface area contributed by atoms with Gasteiger partial charge in [-0.2, -0.15) is 0 Å². The molecule has 578 valence electrons. The van der Waals surface area contributed by atoms with Crippen LogP contribution in [0.2, 0.25) is 0 Å². The second kappa shape index (κ2) is 30.5. The molecule has 17 aromatic rings. The number of fused-ring (bicyclic) bond motifs is 10. The van der Waals surface area contributed by atoms with Gasteiger partial charge in [-0.25, -0.2) is 0 Å². The van der Waals surface area contributed by atoms with Crippen molar-refractivity contribution in [2.75, 3.05) is 9.80 Å². The second-order valence-electron chi connectivity index (χ2n) is 35.4. The van der Waals surface area contributed by atoms with Gasteiger partial charge in [-0.15, -0.1) is 0 Å². The van der Waals surface area contributed by atoms with Crippen molar-refractivity contribution < 1.29 is 0 Å². The van der Waals surface area contributed by atoms with Crippen molar-refractivity contribution in [3.05, 3.63) is 356 Å². The van der Waals surface area contributed by atoms with Gasteiger partial charge in [-0.3, -0.25) is 0 Å². The van der Waals surface area contributed by atoms with Crippen LogP contribution in [0, 0.1) is 0 Å². The highest BCUT2D eigenvalue weighted by atomic mass is 15.2. The van der Waals surface area contributed by atoms with E-state index >= 15 is 0 Å². The van der Waals surface area contributed by atoms with E-state index in [1.54, 1.807) is 0 Å². The first-order chi connectivity index (χ1) is 59.0. The number of hydrogen-bond donors (Lipinski definition) is 0. The quantitative estimate of drug-likeness (QED) is 0.101. The van der Waals surface area contributed by atoms with Crippen molar-refractivity contribution in [3.63, 3.8) is 0 Å². The molecule has 0 unspecified atom stereocenters. The van der Waals surface area contributed by atoms with Gasteiger partial charge in [0, 0.05) is 77.9 Å². The van der Waals surface area contributed by atoms with E-state index in [-0.39, 0.29) is 6.71 Å². The maximum absolute atomic E-state index is 2.74. The van der Waals surface area contributed by atoms with Gasteiger partial charge in [-0.05, 0) is 249 Å². The van der Waals surface area contributed by atoms with E-state index in [1.165, 1.54) is 244 Å². The molecule has 5 heteroatoms. The lowest BCUT2D eigenvalue weighted by Crippen LogP contribution is -2.61. The number of nitrogens with zero attached hydrogens (tertiary/aromatic N) is 4. The fourth-order valence-corrected chi connectivity index (χ4v) is 22.8. The van der Waals surface area contributed by atoms with Crippen LogP contribution in [0.15, 0.2) is 334 Å². The highest BCUT2D eigenvalue weighted by molar-refractivity contribution is 7.00. The molecule has 0 N–H and O–H groups in total. The molecule has 0 radical (unpaired) electrons. The minimum atomic E-state index is -0.220. The maximum atomic E-state index is 2.74. The highest BCUT2D eigenvalue weighted by Gasteiger charge is 2.46. The van der Waals surface area contributed by atoms with Gasteiger partial charge in [0.05, 0.1) is 33.4 Å². The Morgan fingerprint density at radius 1 is 0.210 bits per heavy atom. The molecule has 4 heterocycles. The average Bonchev–Trinajstić information content (AvgIpc) is 0.781. The molecule has 119 heavy (non-hydrogen) atoms. The zero-order valence-corrected chi connectivity index (χ0v) is 68.1. The van der Waals surface area contributed by atoms with E-state index in [0.717, 1.165) is 78.6 Å². The Bertz CT molecular complexity index is 6430. The van der Waals surface area contributed by atoms with Crippen molar-refractivity contribution in [3.8, 4) is 78.1 Å². The van der Waals surface area contributed by atoms with Crippen molar-refractivity contribution in [1.29, 1.82) is 0 Å². The molecule has 4 aliphatic carbocycles. The van der Waals surface area contributed by atoms with Crippen molar-refractivity contribution >= 4 is 101 Å². The average molecular weight is 1540 g/mol. The Morgan fingerprint density at radius 2 is 0.504 bits per heavy atom. The lowest BCUT2D eigenvalue weighted by molar-refractivity contribution is 0.444. The fourth-order valence-electron chi connectivity index (χ4n) is 22.8. The molecule has 4 saturated carbocycles. The van der Waals surface area contributed by atoms with Gasteiger partial charge in [0.15, 0.2) is 0 Å². The molecule has 2 aromatic heterocycles. The molecular formula is C114H99BN4. The first-order valence-electron chi connectivity index (χ1n) is 44.9. The number of para-hydroxylation sites is 2. The summed E-state index contributed by atoms with van der Waals surface area (Å²) < 4.78 is 5.21. The van der Waals surface area contributed by atoms with Crippen LogP contribution in [0.25, 0.3) is 122 Å². The Hall–Kier alpha value is -12.4. The molecule has 0 amide bonds. The number of hydrogen-bond acceptors (Lipinski definition) is 2. The Kier molecular flexibility index (Phi) is 18.4. The lowest BCUT2D eigenvalue weighted by Gasteiger charge is -2.46. The van der Waals surface area contributed by atoms with E-state index in [2.05, 4.69) is 353 Å². The summed E-state index contributed by atoms with van der Waals surface area (Å²) in [5, 5.41) is 5.52. The molecule has 23 rings (SSSR count). The van der Waals surface area contributed by atoms with Crippen molar-refractivity contribution in [1.82, 2.24) is 9.13 Å². The van der Waals surface area contributed by atoms with Gasteiger partial charge in [0.1, 0.15) is 0 Å². The summed E-state index contributed by atoms with van der Waals surface area (Å²) in [6, 6.07) is 130. The first-order valence-corrected chi connectivity index (χ1v) is 44.9. The number of benzene rings is 15. The molecule has 0 saturated heterocycles. The fraction of sp³-hybridized carbons (Fsp3) is 0.211. The normalized spacial score (nSPS) is 16.1. The predicted molar refractivity (Wildman–Crippen MR) is 505 cm³/mol. The SMILES string of the molecule is c1ccc(-c2cc3c4c(c2)N(c2c(-c5ccccc5)cccc2-c2ccccc2)c2cc(-n5c6ccc(C7CCCCC7)cc6c6cc(C7CCCCC7)ccc65)ccc2B4c2ccc(-c4ccc(-n5c6ccc(C7CCCCC7)cc6c6cc(C7CCCCC7)ccc65)cc4)cc2N3c2c(-c3ccccc3)cccc2-c2ccccc2)cc1. The van der Waals surface area contributed by atoms with Gasteiger partial charge in [0.2, 0.25) is 0 Å². The number of anilines is 6. The molecule has 4 nitrogen and oxygen atoms in total. The molecule has 15 aromatic carbocycles. The Balaban J connectivity index is 0.786. The van der Waals surface area contributed by atoms with E-state index in [9.17, 15) is 0 Å². The van der Waals surface area contributed by atoms with E-state index in [0.29, 0.717) is 23.7 Å². The van der Waals surface area contributed by atoms with Crippen LogP contribution in [0.3, 0.4) is 0 Å². The third kappa shape index (κ3) is 12.6.